The predicted octanol–water partition coefficient (Wildman–Crippen LogP) is 7.62. The number of carbonyl (C=O) groups excluding carboxylic acids is 1. The Morgan fingerprint density at radius 1 is 0.867 bits per heavy atom. The maximum absolute atomic E-state index is 14.7. The number of hydrogen-bond acceptors (Lipinski definition) is 8. The quantitative estimate of drug-likeness (QED) is 0.206. The van der Waals surface area contributed by atoms with E-state index in [-0.39, 0.29) is 23.1 Å². The van der Waals surface area contributed by atoms with Crippen LogP contribution in [0.5, 0.6) is 40.2 Å². The Kier molecular flexibility index (Phi) is 9.13. The molecule has 3 aromatic rings. The van der Waals surface area contributed by atoms with E-state index in [1.165, 1.54) is 19.2 Å². The van der Waals surface area contributed by atoms with E-state index in [0.717, 1.165) is 19.4 Å². The van der Waals surface area contributed by atoms with Crippen LogP contribution in [0.3, 0.4) is 0 Å². The van der Waals surface area contributed by atoms with Gasteiger partial charge in [0.05, 0.1) is 45.2 Å². The second kappa shape index (κ2) is 12.9. The van der Waals surface area contributed by atoms with E-state index in [9.17, 15) is 9.18 Å². The van der Waals surface area contributed by atoms with Gasteiger partial charge in [-0.05, 0) is 63.4 Å². The number of nitrogens with zero attached hydrogens (tertiary/aromatic N) is 2. The lowest BCUT2D eigenvalue weighted by Crippen LogP contribution is -2.37. The largest absolute Gasteiger partial charge is 0.493 e. The van der Waals surface area contributed by atoms with Crippen molar-refractivity contribution in [2.24, 2.45) is 10.4 Å². The van der Waals surface area contributed by atoms with Crippen molar-refractivity contribution < 1.29 is 37.6 Å². The molecule has 5 rings (SSSR count). The van der Waals surface area contributed by atoms with Gasteiger partial charge in [0, 0.05) is 36.4 Å². The van der Waals surface area contributed by atoms with Crippen molar-refractivity contribution in [3.8, 4) is 40.2 Å². The van der Waals surface area contributed by atoms with E-state index in [4.69, 9.17) is 28.4 Å². The van der Waals surface area contributed by atoms with Gasteiger partial charge >= 0.3 is 0 Å². The van der Waals surface area contributed by atoms with Crippen molar-refractivity contribution in [1.82, 2.24) is 4.90 Å². The highest BCUT2D eigenvalue weighted by Gasteiger charge is 2.34. The van der Waals surface area contributed by atoms with Crippen molar-refractivity contribution in [1.29, 1.82) is 0 Å². The number of rotatable bonds is 12. The van der Waals surface area contributed by atoms with Crippen molar-refractivity contribution in [3.05, 3.63) is 59.9 Å². The molecule has 0 N–H and O–H groups in total. The third kappa shape index (κ3) is 7.27. The topological polar surface area (TPSA) is 88.1 Å². The Morgan fingerprint density at radius 2 is 1.56 bits per heavy atom. The lowest BCUT2D eigenvalue weighted by Gasteiger charge is -2.35. The fraction of sp³-hybridized carbons (Fsp3) is 0.429. The van der Waals surface area contributed by atoms with Crippen LogP contribution in [0.4, 0.5) is 10.1 Å². The normalized spacial score (nSPS) is 16.0. The SMILES string of the molecule is COc1ccc(Oc2cc(OC(C)(C)CC(C)(C)COc3cc4c(cc3OC)C(=O)N3CCCC3C=N4)ccc2F)cc1OC. The molecule has 1 atom stereocenters. The maximum atomic E-state index is 14.7. The van der Waals surface area contributed by atoms with Crippen molar-refractivity contribution in [2.45, 2.75) is 58.6 Å². The van der Waals surface area contributed by atoms with Gasteiger partial charge in [-0.25, -0.2) is 4.39 Å². The first-order chi connectivity index (χ1) is 21.4. The Morgan fingerprint density at radius 3 is 2.29 bits per heavy atom. The summed E-state index contributed by atoms with van der Waals surface area (Å²) in [7, 11) is 4.63. The van der Waals surface area contributed by atoms with Crippen LogP contribution in [0.2, 0.25) is 0 Å². The highest BCUT2D eigenvalue weighted by Crippen LogP contribution is 2.41. The minimum atomic E-state index is -0.647. The molecule has 45 heavy (non-hydrogen) atoms. The van der Waals surface area contributed by atoms with E-state index >= 15 is 0 Å². The van der Waals surface area contributed by atoms with Crippen LogP contribution in [0.25, 0.3) is 0 Å². The molecule has 0 saturated carbocycles. The van der Waals surface area contributed by atoms with Gasteiger partial charge in [-0.3, -0.25) is 9.79 Å². The van der Waals surface area contributed by atoms with Gasteiger partial charge in [0.25, 0.3) is 5.91 Å². The summed E-state index contributed by atoms with van der Waals surface area (Å²) in [6.07, 6.45) is 4.35. The average molecular weight is 621 g/mol. The Bertz CT molecular complexity index is 1590. The zero-order valence-corrected chi connectivity index (χ0v) is 26.9. The number of fused-ring (bicyclic) bond motifs is 2. The third-order valence-corrected chi connectivity index (χ3v) is 7.86. The molecular weight excluding hydrogens is 579 g/mol. The summed E-state index contributed by atoms with van der Waals surface area (Å²) in [6, 6.07) is 12.9. The van der Waals surface area contributed by atoms with Gasteiger partial charge in [-0.15, -0.1) is 0 Å². The molecule has 3 aromatic carbocycles. The van der Waals surface area contributed by atoms with Gasteiger partial charge in [-0.2, -0.15) is 0 Å². The molecule has 0 spiro atoms. The monoisotopic (exact) mass is 620 g/mol. The van der Waals surface area contributed by atoms with E-state index in [1.807, 2.05) is 25.0 Å². The Balaban J connectivity index is 1.26. The molecule has 1 saturated heterocycles. The van der Waals surface area contributed by atoms with Gasteiger partial charge in [0.15, 0.2) is 34.6 Å². The first-order valence-electron chi connectivity index (χ1n) is 15.0. The van der Waals surface area contributed by atoms with E-state index in [1.54, 1.807) is 50.6 Å². The molecule has 0 aliphatic carbocycles. The molecule has 2 aliphatic heterocycles. The summed E-state index contributed by atoms with van der Waals surface area (Å²) >= 11 is 0. The van der Waals surface area contributed by atoms with E-state index in [0.29, 0.717) is 58.8 Å². The number of halogens is 1. The lowest BCUT2D eigenvalue weighted by atomic mass is 9.82. The minimum Gasteiger partial charge on any atom is -0.493 e. The number of aliphatic imine (C=N–C) groups is 1. The highest BCUT2D eigenvalue weighted by molar-refractivity contribution is 6.03. The third-order valence-electron chi connectivity index (χ3n) is 7.86. The molecule has 2 aliphatic rings. The van der Waals surface area contributed by atoms with Gasteiger partial charge in [0.2, 0.25) is 0 Å². The molecule has 2 heterocycles. The summed E-state index contributed by atoms with van der Waals surface area (Å²) in [5.41, 5.74) is 0.102. The van der Waals surface area contributed by atoms with Crippen molar-refractivity contribution >= 4 is 17.8 Å². The fourth-order valence-corrected chi connectivity index (χ4v) is 6.08. The van der Waals surface area contributed by atoms with Crippen LogP contribution in [0.1, 0.15) is 57.3 Å². The zero-order chi connectivity index (χ0) is 32.4. The molecule has 10 heteroatoms. The van der Waals surface area contributed by atoms with Crippen LogP contribution in [0, 0.1) is 11.2 Å². The van der Waals surface area contributed by atoms with Crippen LogP contribution in [0.15, 0.2) is 53.5 Å². The molecule has 1 unspecified atom stereocenters. The van der Waals surface area contributed by atoms with Crippen LogP contribution >= 0.6 is 0 Å². The Hall–Kier alpha value is -4.47. The van der Waals surface area contributed by atoms with Gasteiger partial charge in [0.1, 0.15) is 17.1 Å². The zero-order valence-electron chi connectivity index (χ0n) is 26.9. The van der Waals surface area contributed by atoms with Crippen molar-refractivity contribution in [3.63, 3.8) is 0 Å². The molecule has 9 nitrogen and oxygen atoms in total. The summed E-state index contributed by atoms with van der Waals surface area (Å²) < 4.78 is 49.4. The minimum absolute atomic E-state index is 0.0231. The van der Waals surface area contributed by atoms with Crippen LogP contribution < -0.4 is 28.4 Å². The number of ether oxygens (including phenoxy) is 6. The maximum Gasteiger partial charge on any atom is 0.256 e. The molecular formula is C35H41FN2O7. The molecule has 1 amide bonds. The smallest absolute Gasteiger partial charge is 0.256 e. The van der Waals surface area contributed by atoms with Crippen molar-refractivity contribution in [2.75, 3.05) is 34.5 Å². The first kappa shape index (κ1) is 31.9. The van der Waals surface area contributed by atoms with Gasteiger partial charge in [-0.1, -0.05) is 13.8 Å². The van der Waals surface area contributed by atoms with E-state index < -0.39 is 11.4 Å². The Labute approximate surface area is 263 Å². The lowest BCUT2D eigenvalue weighted by molar-refractivity contribution is 0.0357. The fourth-order valence-electron chi connectivity index (χ4n) is 6.08. The highest BCUT2D eigenvalue weighted by atomic mass is 19.1. The number of benzene rings is 3. The van der Waals surface area contributed by atoms with Crippen LogP contribution in [-0.4, -0.2) is 63.1 Å². The second-order valence-corrected chi connectivity index (χ2v) is 12.7. The molecule has 0 radical (unpaired) electrons. The number of carbonyl (C=O) groups is 1. The summed E-state index contributed by atoms with van der Waals surface area (Å²) in [6.45, 7) is 9.19. The van der Waals surface area contributed by atoms with Gasteiger partial charge < -0.3 is 33.3 Å². The number of hydrogen-bond donors (Lipinski definition) is 0. The van der Waals surface area contributed by atoms with Crippen LogP contribution in [-0.2, 0) is 0 Å². The number of amides is 1. The summed E-state index contributed by atoms with van der Waals surface area (Å²) in [5, 5.41) is 0. The number of methoxy groups -OCH3 is 3. The standard InChI is InChI=1S/C35H41FN2O7/c1-34(2,21-43-32-18-27-25(17-31(32)42-7)33(39)38-14-8-9-22(38)19-37-27)20-35(3,4)45-24-10-12-26(36)29(16-24)44-23-11-13-28(40-5)30(15-23)41-6/h10-13,15-19,22H,8-9,14,20-21H2,1-7H3. The predicted molar refractivity (Wildman–Crippen MR) is 170 cm³/mol. The first-order valence-corrected chi connectivity index (χ1v) is 15.0. The average Bonchev–Trinajstić information content (AvgIpc) is 3.43. The molecule has 240 valence electrons. The molecule has 1 fully saturated rings. The molecule has 0 bridgehead atoms. The molecule has 0 aromatic heterocycles. The van der Waals surface area contributed by atoms with E-state index in [2.05, 4.69) is 18.8 Å². The summed E-state index contributed by atoms with van der Waals surface area (Å²) in [5.74, 6) is 2.33. The summed E-state index contributed by atoms with van der Waals surface area (Å²) in [4.78, 5) is 19.7. The second-order valence-electron chi connectivity index (χ2n) is 12.7.